The van der Waals surface area contributed by atoms with Crippen LogP contribution < -0.4 is 5.73 Å². The molecule has 0 amide bonds. The second-order valence-corrected chi connectivity index (χ2v) is 3.91. The highest BCUT2D eigenvalue weighted by atomic mass is 35.5. The minimum atomic E-state index is -0.0955. The van der Waals surface area contributed by atoms with Gasteiger partial charge < -0.3 is 10.8 Å². The lowest BCUT2D eigenvalue weighted by atomic mass is 10.0. The van der Waals surface area contributed by atoms with Crippen molar-refractivity contribution in [3.05, 3.63) is 52.2 Å². The molecule has 1 atom stereocenters. The monoisotopic (exact) mass is 241 g/mol. The van der Waals surface area contributed by atoms with Crippen LogP contribution in [-0.4, -0.2) is 5.11 Å². The zero-order chi connectivity index (χ0) is 9.97. The lowest BCUT2D eigenvalue weighted by Gasteiger charge is -2.09. The van der Waals surface area contributed by atoms with Gasteiger partial charge in [-0.25, -0.2) is 0 Å². The van der Waals surface area contributed by atoms with E-state index in [-0.39, 0.29) is 24.2 Å². The molecule has 0 bridgehead atoms. The van der Waals surface area contributed by atoms with Gasteiger partial charge in [0.15, 0.2) is 0 Å². The first-order valence-corrected chi connectivity index (χ1v) is 5.28. The minimum absolute atomic E-state index is 0. The molecule has 80 valence electrons. The molecule has 0 fully saturated rings. The van der Waals surface area contributed by atoms with E-state index in [4.69, 9.17) is 10.8 Å². The molecular formula is C11H12ClNOS. The average Bonchev–Trinajstić information content (AvgIpc) is 2.71. The van der Waals surface area contributed by atoms with Crippen LogP contribution in [0.4, 0.5) is 0 Å². The van der Waals surface area contributed by atoms with Gasteiger partial charge >= 0.3 is 0 Å². The number of thiophene rings is 1. The van der Waals surface area contributed by atoms with Crippen LogP contribution in [0.1, 0.15) is 17.2 Å². The van der Waals surface area contributed by atoms with Crippen LogP contribution in [0, 0.1) is 0 Å². The number of hydrogen-bond acceptors (Lipinski definition) is 3. The Bertz CT molecular complexity index is 399. The highest BCUT2D eigenvalue weighted by Crippen LogP contribution is 2.22. The van der Waals surface area contributed by atoms with E-state index in [2.05, 4.69) is 0 Å². The molecule has 1 heterocycles. The highest BCUT2D eigenvalue weighted by Gasteiger charge is 2.08. The molecule has 15 heavy (non-hydrogen) atoms. The molecule has 2 aromatic rings. The van der Waals surface area contributed by atoms with Crippen LogP contribution in [0.2, 0.25) is 0 Å². The molecule has 0 saturated heterocycles. The summed E-state index contributed by atoms with van der Waals surface area (Å²) in [7, 11) is 0. The van der Waals surface area contributed by atoms with Crippen LogP contribution in [-0.2, 0) is 0 Å². The van der Waals surface area contributed by atoms with Gasteiger partial charge in [0.05, 0.1) is 6.04 Å². The van der Waals surface area contributed by atoms with Gasteiger partial charge in [0.1, 0.15) is 5.75 Å². The summed E-state index contributed by atoms with van der Waals surface area (Å²) in [4.78, 5) is 0. The Morgan fingerprint density at radius 2 is 1.73 bits per heavy atom. The zero-order valence-electron chi connectivity index (χ0n) is 7.96. The molecule has 0 aliphatic carbocycles. The summed E-state index contributed by atoms with van der Waals surface area (Å²) < 4.78 is 0. The Morgan fingerprint density at radius 1 is 1.07 bits per heavy atom. The first kappa shape index (κ1) is 12.0. The molecule has 0 radical (unpaired) electrons. The number of hydrogen-bond donors (Lipinski definition) is 2. The first-order chi connectivity index (χ1) is 6.77. The fourth-order valence-corrected chi connectivity index (χ4v) is 2.02. The van der Waals surface area contributed by atoms with Crippen molar-refractivity contribution in [3.63, 3.8) is 0 Å². The van der Waals surface area contributed by atoms with Gasteiger partial charge in [-0.1, -0.05) is 12.1 Å². The Labute approximate surface area is 98.8 Å². The number of phenolic OH excluding ortho intramolecular Hbond substituents is 1. The quantitative estimate of drug-likeness (QED) is 0.849. The van der Waals surface area contributed by atoms with Crippen LogP contribution in [0.15, 0.2) is 41.1 Å². The van der Waals surface area contributed by atoms with Crippen molar-refractivity contribution in [2.75, 3.05) is 0 Å². The van der Waals surface area contributed by atoms with Crippen molar-refractivity contribution in [1.29, 1.82) is 0 Å². The van der Waals surface area contributed by atoms with Crippen LogP contribution >= 0.6 is 23.7 Å². The molecule has 2 rings (SSSR count). The van der Waals surface area contributed by atoms with E-state index in [1.54, 1.807) is 23.5 Å². The van der Waals surface area contributed by atoms with Gasteiger partial charge in [0.25, 0.3) is 0 Å². The molecule has 0 spiro atoms. The summed E-state index contributed by atoms with van der Waals surface area (Å²) in [5.41, 5.74) is 8.16. The molecule has 0 saturated carbocycles. The van der Waals surface area contributed by atoms with Crippen molar-refractivity contribution in [1.82, 2.24) is 0 Å². The van der Waals surface area contributed by atoms with Crippen LogP contribution in [0.3, 0.4) is 0 Å². The van der Waals surface area contributed by atoms with Crippen LogP contribution in [0.25, 0.3) is 0 Å². The Kier molecular flexibility index (Phi) is 4.15. The number of halogens is 1. The topological polar surface area (TPSA) is 46.2 Å². The van der Waals surface area contributed by atoms with Crippen molar-refractivity contribution < 1.29 is 5.11 Å². The van der Waals surface area contributed by atoms with Crippen LogP contribution in [0.5, 0.6) is 5.75 Å². The SMILES string of the molecule is Cl.N[C@@H](c1ccc(O)cc1)c1ccsc1. The number of nitrogens with two attached hydrogens (primary N) is 1. The molecule has 3 N–H and O–H groups in total. The predicted molar refractivity (Wildman–Crippen MR) is 65.7 cm³/mol. The third-order valence-electron chi connectivity index (χ3n) is 2.15. The second kappa shape index (κ2) is 5.16. The molecule has 1 aromatic heterocycles. The van der Waals surface area contributed by atoms with E-state index in [0.717, 1.165) is 11.1 Å². The molecule has 0 unspecified atom stereocenters. The maximum atomic E-state index is 9.13. The van der Waals surface area contributed by atoms with E-state index < -0.39 is 0 Å². The summed E-state index contributed by atoms with van der Waals surface area (Å²) in [6, 6.07) is 8.92. The average molecular weight is 242 g/mol. The number of aromatic hydroxyl groups is 1. The fraction of sp³-hybridized carbons (Fsp3) is 0.0909. The lowest BCUT2D eigenvalue weighted by Crippen LogP contribution is -2.10. The molecule has 2 nitrogen and oxygen atoms in total. The van der Waals surface area contributed by atoms with Crippen molar-refractivity contribution >= 4 is 23.7 Å². The maximum Gasteiger partial charge on any atom is 0.115 e. The standard InChI is InChI=1S/C11H11NOS.ClH/c12-11(9-5-6-14-7-9)8-1-3-10(13)4-2-8;/h1-7,11,13H,12H2;1H/t11-;/m0./s1. The molecule has 4 heteroatoms. The van der Waals surface area contributed by atoms with Gasteiger partial charge in [-0.3, -0.25) is 0 Å². The molecule has 0 aliphatic heterocycles. The minimum Gasteiger partial charge on any atom is -0.508 e. The third kappa shape index (κ3) is 2.72. The number of phenols is 1. The van der Waals surface area contributed by atoms with E-state index in [0.29, 0.717) is 0 Å². The van der Waals surface area contributed by atoms with Gasteiger partial charge in [0, 0.05) is 0 Å². The fourth-order valence-electron chi connectivity index (χ4n) is 1.33. The zero-order valence-corrected chi connectivity index (χ0v) is 9.59. The second-order valence-electron chi connectivity index (χ2n) is 3.13. The van der Waals surface area contributed by atoms with E-state index in [1.165, 1.54) is 0 Å². The van der Waals surface area contributed by atoms with Crippen molar-refractivity contribution in [3.8, 4) is 5.75 Å². The lowest BCUT2D eigenvalue weighted by molar-refractivity contribution is 0.475. The van der Waals surface area contributed by atoms with E-state index >= 15 is 0 Å². The third-order valence-corrected chi connectivity index (χ3v) is 2.86. The summed E-state index contributed by atoms with van der Waals surface area (Å²) in [5.74, 6) is 0.270. The van der Waals surface area contributed by atoms with Crippen molar-refractivity contribution in [2.45, 2.75) is 6.04 Å². The summed E-state index contributed by atoms with van der Waals surface area (Å²) >= 11 is 1.64. The summed E-state index contributed by atoms with van der Waals surface area (Å²) in [6.07, 6.45) is 0. The van der Waals surface area contributed by atoms with Gasteiger partial charge in [-0.05, 0) is 40.1 Å². The first-order valence-electron chi connectivity index (χ1n) is 4.34. The Morgan fingerprint density at radius 3 is 2.27 bits per heavy atom. The van der Waals surface area contributed by atoms with Gasteiger partial charge in [-0.2, -0.15) is 11.3 Å². The van der Waals surface area contributed by atoms with E-state index in [9.17, 15) is 0 Å². The van der Waals surface area contributed by atoms with Crippen molar-refractivity contribution in [2.24, 2.45) is 5.73 Å². The Balaban J connectivity index is 0.00000112. The van der Waals surface area contributed by atoms with Gasteiger partial charge in [0.2, 0.25) is 0 Å². The van der Waals surface area contributed by atoms with E-state index in [1.807, 2.05) is 29.0 Å². The molecule has 0 aliphatic rings. The summed E-state index contributed by atoms with van der Waals surface area (Å²) in [6.45, 7) is 0. The normalized spacial score (nSPS) is 11.8. The smallest absolute Gasteiger partial charge is 0.115 e. The number of benzene rings is 1. The largest absolute Gasteiger partial charge is 0.508 e. The molecule has 1 aromatic carbocycles. The number of rotatable bonds is 2. The Hall–Kier alpha value is -1.03. The highest BCUT2D eigenvalue weighted by molar-refractivity contribution is 7.08. The molecular weight excluding hydrogens is 230 g/mol. The van der Waals surface area contributed by atoms with Gasteiger partial charge in [-0.15, -0.1) is 12.4 Å². The maximum absolute atomic E-state index is 9.13. The predicted octanol–water partition coefficient (Wildman–Crippen LogP) is 2.92. The summed E-state index contributed by atoms with van der Waals surface area (Å²) in [5, 5.41) is 13.2.